The van der Waals surface area contributed by atoms with Gasteiger partial charge in [0.15, 0.2) is 5.82 Å². The molecule has 1 aliphatic rings. The molecule has 0 saturated carbocycles. The molecule has 5 nitrogen and oxygen atoms in total. The maximum absolute atomic E-state index is 9.09. The summed E-state index contributed by atoms with van der Waals surface area (Å²) in [5, 5.41) is 17.8. The van der Waals surface area contributed by atoms with E-state index >= 15 is 0 Å². The molecule has 0 fully saturated rings. The van der Waals surface area contributed by atoms with Crippen molar-refractivity contribution in [1.82, 2.24) is 14.8 Å². The van der Waals surface area contributed by atoms with Crippen LogP contribution in [-0.4, -0.2) is 26.5 Å². The SMILES string of the molecule is OCCCc1nc2n(n1)[C@H](c1ccc(Cl)cc1)C=C(c1ccc(Br)cc1)N2. The number of nitrogens with one attached hydrogen (secondary N) is 1. The maximum Gasteiger partial charge on any atom is 0.226 e. The fraction of sp³-hybridized carbons (Fsp3) is 0.200. The molecule has 0 unspecified atom stereocenters. The number of aliphatic hydroxyl groups excluding tert-OH is 1. The third-order valence-electron chi connectivity index (χ3n) is 4.43. The lowest BCUT2D eigenvalue weighted by Crippen LogP contribution is -2.20. The van der Waals surface area contributed by atoms with E-state index in [0.29, 0.717) is 23.8 Å². The first-order chi connectivity index (χ1) is 13.1. The summed E-state index contributed by atoms with van der Waals surface area (Å²) in [6.45, 7) is 0.125. The molecule has 2 heterocycles. The lowest BCUT2D eigenvalue weighted by molar-refractivity contribution is 0.287. The van der Waals surface area contributed by atoms with Crippen molar-refractivity contribution in [3.63, 3.8) is 0 Å². The van der Waals surface area contributed by atoms with E-state index in [1.165, 1.54) is 0 Å². The smallest absolute Gasteiger partial charge is 0.226 e. The molecule has 27 heavy (non-hydrogen) atoms. The summed E-state index contributed by atoms with van der Waals surface area (Å²) >= 11 is 9.54. The highest BCUT2D eigenvalue weighted by Crippen LogP contribution is 2.33. The molecule has 0 bridgehead atoms. The molecule has 0 spiro atoms. The minimum atomic E-state index is -0.0902. The minimum Gasteiger partial charge on any atom is -0.396 e. The number of anilines is 1. The number of aryl methyl sites for hydroxylation is 1. The van der Waals surface area contributed by atoms with Crippen LogP contribution >= 0.6 is 27.5 Å². The zero-order valence-corrected chi connectivity index (χ0v) is 16.8. The normalized spacial score (nSPS) is 15.8. The number of aliphatic hydroxyl groups is 1. The summed E-state index contributed by atoms with van der Waals surface area (Å²) in [5.41, 5.74) is 3.13. The van der Waals surface area contributed by atoms with E-state index in [9.17, 15) is 0 Å². The first kappa shape index (κ1) is 18.2. The summed E-state index contributed by atoms with van der Waals surface area (Å²) in [6, 6.07) is 15.8. The monoisotopic (exact) mass is 444 g/mol. The highest BCUT2D eigenvalue weighted by atomic mass is 79.9. The van der Waals surface area contributed by atoms with Gasteiger partial charge in [-0.1, -0.05) is 51.8 Å². The quantitative estimate of drug-likeness (QED) is 0.599. The van der Waals surface area contributed by atoms with Crippen molar-refractivity contribution in [3.05, 3.63) is 81.1 Å². The second-order valence-electron chi connectivity index (χ2n) is 6.33. The van der Waals surface area contributed by atoms with Gasteiger partial charge in [0.2, 0.25) is 5.95 Å². The van der Waals surface area contributed by atoms with E-state index in [0.717, 1.165) is 27.1 Å². The van der Waals surface area contributed by atoms with Crippen molar-refractivity contribution < 1.29 is 5.11 Å². The third kappa shape index (κ3) is 3.93. The average molecular weight is 446 g/mol. The van der Waals surface area contributed by atoms with Gasteiger partial charge in [0, 0.05) is 28.2 Å². The highest BCUT2D eigenvalue weighted by Gasteiger charge is 2.25. The van der Waals surface area contributed by atoms with Crippen LogP contribution in [0.4, 0.5) is 5.95 Å². The number of rotatable bonds is 5. The first-order valence-corrected chi connectivity index (χ1v) is 9.87. The lowest BCUT2D eigenvalue weighted by atomic mass is 10.0. The molecule has 1 aromatic heterocycles. The summed E-state index contributed by atoms with van der Waals surface area (Å²) in [6.07, 6.45) is 3.42. The van der Waals surface area contributed by atoms with Gasteiger partial charge < -0.3 is 10.4 Å². The van der Waals surface area contributed by atoms with E-state index in [1.54, 1.807) is 0 Å². The number of hydrogen-bond acceptors (Lipinski definition) is 4. The van der Waals surface area contributed by atoms with E-state index in [1.807, 2.05) is 41.1 Å². The van der Waals surface area contributed by atoms with E-state index in [-0.39, 0.29) is 12.6 Å². The van der Waals surface area contributed by atoms with Crippen molar-refractivity contribution >= 4 is 39.2 Å². The number of hydrogen-bond donors (Lipinski definition) is 2. The van der Waals surface area contributed by atoms with Crippen molar-refractivity contribution in [3.8, 4) is 0 Å². The van der Waals surface area contributed by atoms with E-state index in [2.05, 4.69) is 49.5 Å². The van der Waals surface area contributed by atoms with Crippen LogP contribution in [0.15, 0.2) is 59.1 Å². The fourth-order valence-corrected chi connectivity index (χ4v) is 3.47. The van der Waals surface area contributed by atoms with Gasteiger partial charge in [0.25, 0.3) is 0 Å². The molecule has 138 valence electrons. The highest BCUT2D eigenvalue weighted by molar-refractivity contribution is 9.10. The Morgan fingerprint density at radius 1 is 1.11 bits per heavy atom. The van der Waals surface area contributed by atoms with Gasteiger partial charge in [0.1, 0.15) is 6.04 Å². The Hall–Kier alpha value is -2.15. The van der Waals surface area contributed by atoms with Crippen LogP contribution in [0.5, 0.6) is 0 Å². The predicted molar refractivity (Wildman–Crippen MR) is 111 cm³/mol. The van der Waals surface area contributed by atoms with Crippen LogP contribution in [0.25, 0.3) is 5.70 Å². The van der Waals surface area contributed by atoms with Crippen molar-refractivity contribution in [2.45, 2.75) is 18.9 Å². The van der Waals surface area contributed by atoms with Gasteiger partial charge >= 0.3 is 0 Å². The Labute approximate surface area is 170 Å². The lowest BCUT2D eigenvalue weighted by Gasteiger charge is -2.24. The fourth-order valence-electron chi connectivity index (χ4n) is 3.08. The topological polar surface area (TPSA) is 63.0 Å². The number of halogens is 2. The van der Waals surface area contributed by atoms with Crippen LogP contribution in [0.3, 0.4) is 0 Å². The molecule has 2 N–H and O–H groups in total. The Morgan fingerprint density at radius 3 is 2.56 bits per heavy atom. The Balaban J connectivity index is 1.76. The van der Waals surface area contributed by atoms with E-state index < -0.39 is 0 Å². The number of allylic oxidation sites excluding steroid dienone is 1. The maximum atomic E-state index is 9.09. The van der Waals surface area contributed by atoms with Crippen molar-refractivity contribution in [1.29, 1.82) is 0 Å². The Kier molecular flexibility index (Phi) is 5.29. The second kappa shape index (κ2) is 7.84. The van der Waals surface area contributed by atoms with Crippen LogP contribution in [-0.2, 0) is 6.42 Å². The molecule has 0 saturated heterocycles. The number of benzene rings is 2. The van der Waals surface area contributed by atoms with Crippen LogP contribution in [0.2, 0.25) is 5.02 Å². The van der Waals surface area contributed by atoms with Gasteiger partial charge in [-0.05, 0) is 47.9 Å². The number of nitrogens with zero attached hydrogens (tertiary/aromatic N) is 3. The van der Waals surface area contributed by atoms with Gasteiger partial charge in [-0.2, -0.15) is 10.1 Å². The standard InChI is InChI=1S/C20H18BrClN4O/c21-15-7-3-13(4-8-15)17-12-18(14-5-9-16(22)10-6-14)26-20(23-17)24-19(25-26)2-1-11-27/h3-10,12,18,27H,1-2,11H2,(H,23,24,25)/t18-/m0/s1. The van der Waals surface area contributed by atoms with Gasteiger partial charge in [0.05, 0.1) is 0 Å². The molecule has 0 radical (unpaired) electrons. The predicted octanol–water partition coefficient (Wildman–Crippen LogP) is 4.67. The Morgan fingerprint density at radius 2 is 1.85 bits per heavy atom. The molecule has 0 amide bonds. The largest absolute Gasteiger partial charge is 0.396 e. The molecule has 1 aliphatic heterocycles. The molecule has 4 rings (SSSR count). The summed E-state index contributed by atoms with van der Waals surface area (Å²) in [5.74, 6) is 1.42. The van der Waals surface area contributed by atoms with Crippen LogP contribution in [0.1, 0.15) is 29.4 Å². The van der Waals surface area contributed by atoms with Crippen LogP contribution < -0.4 is 5.32 Å². The van der Waals surface area contributed by atoms with Gasteiger partial charge in [-0.3, -0.25) is 0 Å². The molecule has 7 heteroatoms. The Bertz CT molecular complexity index is 967. The summed E-state index contributed by atoms with van der Waals surface area (Å²) < 4.78 is 2.92. The van der Waals surface area contributed by atoms with Crippen molar-refractivity contribution in [2.75, 3.05) is 11.9 Å². The zero-order chi connectivity index (χ0) is 18.8. The number of fused-ring (bicyclic) bond motifs is 1. The van der Waals surface area contributed by atoms with E-state index in [4.69, 9.17) is 16.7 Å². The van der Waals surface area contributed by atoms with Gasteiger partial charge in [-0.15, -0.1) is 0 Å². The zero-order valence-electron chi connectivity index (χ0n) is 14.4. The van der Waals surface area contributed by atoms with Crippen molar-refractivity contribution in [2.24, 2.45) is 0 Å². The molecular formula is C20H18BrClN4O. The molecule has 3 aromatic rings. The molecule has 2 aromatic carbocycles. The van der Waals surface area contributed by atoms with Gasteiger partial charge in [-0.25, -0.2) is 4.68 Å². The molecule has 1 atom stereocenters. The molecule has 0 aliphatic carbocycles. The molecular weight excluding hydrogens is 428 g/mol. The summed E-state index contributed by atoms with van der Waals surface area (Å²) in [7, 11) is 0. The first-order valence-electron chi connectivity index (χ1n) is 8.70. The average Bonchev–Trinajstić information content (AvgIpc) is 3.10. The minimum absolute atomic E-state index is 0.0902. The van der Waals surface area contributed by atoms with Crippen LogP contribution in [0, 0.1) is 0 Å². The third-order valence-corrected chi connectivity index (χ3v) is 5.22. The summed E-state index contributed by atoms with van der Waals surface area (Å²) in [4.78, 5) is 4.63. The number of aromatic nitrogens is 3. The second-order valence-corrected chi connectivity index (χ2v) is 7.68.